The molecular formula is C17H26. The average molecular weight is 230 g/mol. The van der Waals surface area contributed by atoms with Gasteiger partial charge in [0.05, 0.1) is 0 Å². The van der Waals surface area contributed by atoms with Gasteiger partial charge in [0.2, 0.25) is 0 Å². The van der Waals surface area contributed by atoms with Gasteiger partial charge in [-0.05, 0) is 19.4 Å². The van der Waals surface area contributed by atoms with E-state index in [4.69, 9.17) is 0 Å². The van der Waals surface area contributed by atoms with Crippen LogP contribution in [0, 0.1) is 0 Å². The Labute approximate surface area is 107 Å². The molecule has 0 amide bonds. The molecular weight excluding hydrogens is 204 g/mol. The SMILES string of the molecule is C.CC.C\C=C/C(C)=C\C=C\c1ccccc1. The summed E-state index contributed by atoms with van der Waals surface area (Å²) in [4.78, 5) is 0. The summed E-state index contributed by atoms with van der Waals surface area (Å²) in [5, 5.41) is 0. The highest BCUT2D eigenvalue weighted by Crippen LogP contribution is 2.02. The predicted molar refractivity (Wildman–Crippen MR) is 82.1 cm³/mol. The van der Waals surface area contributed by atoms with Gasteiger partial charge in [0.25, 0.3) is 0 Å². The van der Waals surface area contributed by atoms with E-state index in [2.05, 4.69) is 43.4 Å². The molecule has 0 atom stereocenters. The fourth-order valence-corrected chi connectivity index (χ4v) is 1.19. The second-order valence-corrected chi connectivity index (χ2v) is 3.18. The maximum atomic E-state index is 2.10. The fraction of sp³-hybridized carbons (Fsp3) is 0.294. The van der Waals surface area contributed by atoms with E-state index in [1.54, 1.807) is 0 Å². The van der Waals surface area contributed by atoms with E-state index in [1.165, 1.54) is 11.1 Å². The molecule has 0 radical (unpaired) electrons. The molecule has 1 aromatic carbocycles. The van der Waals surface area contributed by atoms with Crippen LogP contribution in [0.15, 0.2) is 60.2 Å². The maximum Gasteiger partial charge on any atom is -0.0257 e. The van der Waals surface area contributed by atoms with E-state index in [-0.39, 0.29) is 7.43 Å². The van der Waals surface area contributed by atoms with Crippen molar-refractivity contribution in [3.8, 4) is 0 Å². The normalized spacial score (nSPS) is 10.9. The van der Waals surface area contributed by atoms with Crippen LogP contribution in [0.2, 0.25) is 0 Å². The highest BCUT2D eigenvalue weighted by atomic mass is 13.9. The van der Waals surface area contributed by atoms with Gasteiger partial charge in [-0.1, -0.05) is 87.6 Å². The van der Waals surface area contributed by atoms with Crippen molar-refractivity contribution in [3.63, 3.8) is 0 Å². The van der Waals surface area contributed by atoms with Gasteiger partial charge >= 0.3 is 0 Å². The molecule has 0 fully saturated rings. The Hall–Kier alpha value is -1.56. The van der Waals surface area contributed by atoms with Gasteiger partial charge in [-0.3, -0.25) is 0 Å². The zero-order valence-electron chi connectivity index (χ0n) is 10.8. The second-order valence-electron chi connectivity index (χ2n) is 3.18. The summed E-state index contributed by atoms with van der Waals surface area (Å²) < 4.78 is 0. The Balaban J connectivity index is 0. The Kier molecular flexibility index (Phi) is 13.1. The lowest BCUT2D eigenvalue weighted by Crippen LogP contribution is -1.68. The molecule has 17 heavy (non-hydrogen) atoms. The molecule has 0 nitrogen and oxygen atoms in total. The van der Waals surface area contributed by atoms with Crippen molar-refractivity contribution in [2.45, 2.75) is 35.1 Å². The number of allylic oxidation sites excluding steroid dienone is 5. The van der Waals surface area contributed by atoms with Gasteiger partial charge in [0, 0.05) is 0 Å². The average Bonchev–Trinajstić information content (AvgIpc) is 2.33. The summed E-state index contributed by atoms with van der Waals surface area (Å²) in [5.74, 6) is 0. The highest BCUT2D eigenvalue weighted by molar-refractivity contribution is 5.51. The Morgan fingerprint density at radius 1 is 1.06 bits per heavy atom. The molecule has 0 heteroatoms. The van der Waals surface area contributed by atoms with Crippen LogP contribution in [-0.2, 0) is 0 Å². The van der Waals surface area contributed by atoms with Crippen molar-refractivity contribution < 1.29 is 0 Å². The first-order valence-electron chi connectivity index (χ1n) is 5.85. The van der Waals surface area contributed by atoms with E-state index in [0.717, 1.165) is 0 Å². The van der Waals surface area contributed by atoms with Gasteiger partial charge in [-0.15, -0.1) is 0 Å². The van der Waals surface area contributed by atoms with Gasteiger partial charge < -0.3 is 0 Å². The molecule has 0 bridgehead atoms. The molecule has 0 heterocycles. The quantitative estimate of drug-likeness (QED) is 0.568. The van der Waals surface area contributed by atoms with Gasteiger partial charge in [0.15, 0.2) is 0 Å². The number of hydrogen-bond donors (Lipinski definition) is 0. The minimum Gasteiger partial charge on any atom is -0.0874 e. The molecule has 0 aliphatic carbocycles. The van der Waals surface area contributed by atoms with Crippen LogP contribution in [0.5, 0.6) is 0 Å². The summed E-state index contributed by atoms with van der Waals surface area (Å²) in [6.07, 6.45) is 10.4. The van der Waals surface area contributed by atoms with E-state index in [1.807, 2.05) is 45.0 Å². The van der Waals surface area contributed by atoms with Gasteiger partial charge in [-0.25, -0.2) is 0 Å². The molecule has 1 rings (SSSR count). The van der Waals surface area contributed by atoms with Crippen LogP contribution in [0.4, 0.5) is 0 Å². The Bertz CT molecular complexity index is 340. The molecule has 0 unspecified atom stereocenters. The monoisotopic (exact) mass is 230 g/mol. The highest BCUT2D eigenvalue weighted by Gasteiger charge is 1.80. The van der Waals surface area contributed by atoms with E-state index < -0.39 is 0 Å². The summed E-state index contributed by atoms with van der Waals surface area (Å²) >= 11 is 0. The minimum absolute atomic E-state index is 0. The smallest absolute Gasteiger partial charge is 0.0257 e. The van der Waals surface area contributed by atoms with Crippen LogP contribution >= 0.6 is 0 Å². The first kappa shape index (κ1) is 17.8. The summed E-state index contributed by atoms with van der Waals surface area (Å²) in [5.41, 5.74) is 2.50. The molecule has 0 aliphatic rings. The zero-order chi connectivity index (χ0) is 12.2. The minimum atomic E-state index is 0. The number of hydrogen-bond acceptors (Lipinski definition) is 0. The van der Waals surface area contributed by atoms with Crippen molar-refractivity contribution in [1.82, 2.24) is 0 Å². The molecule has 94 valence electrons. The van der Waals surface area contributed by atoms with Crippen molar-refractivity contribution in [2.24, 2.45) is 0 Å². The first-order valence-corrected chi connectivity index (χ1v) is 5.85. The third-order valence-electron chi connectivity index (χ3n) is 1.88. The van der Waals surface area contributed by atoms with E-state index >= 15 is 0 Å². The number of benzene rings is 1. The van der Waals surface area contributed by atoms with Crippen LogP contribution < -0.4 is 0 Å². The summed E-state index contributed by atoms with van der Waals surface area (Å²) in [6.45, 7) is 8.12. The van der Waals surface area contributed by atoms with Crippen molar-refractivity contribution >= 4 is 6.08 Å². The van der Waals surface area contributed by atoms with Gasteiger partial charge in [0.1, 0.15) is 0 Å². The molecule has 0 aliphatic heterocycles. The lowest BCUT2D eigenvalue weighted by atomic mass is 10.2. The van der Waals surface area contributed by atoms with Crippen LogP contribution in [0.25, 0.3) is 6.08 Å². The zero-order valence-corrected chi connectivity index (χ0v) is 10.8. The van der Waals surface area contributed by atoms with Crippen molar-refractivity contribution in [2.75, 3.05) is 0 Å². The van der Waals surface area contributed by atoms with Crippen molar-refractivity contribution in [1.29, 1.82) is 0 Å². The molecule has 0 aromatic heterocycles. The molecule has 1 aromatic rings. The molecule has 0 spiro atoms. The Morgan fingerprint density at radius 2 is 1.65 bits per heavy atom. The lowest BCUT2D eigenvalue weighted by Gasteiger charge is -1.90. The van der Waals surface area contributed by atoms with E-state index in [0.29, 0.717) is 0 Å². The summed E-state index contributed by atoms with van der Waals surface area (Å²) in [7, 11) is 0. The predicted octanol–water partition coefficient (Wildman–Crippen LogP) is 5.88. The molecule has 0 saturated carbocycles. The maximum absolute atomic E-state index is 2.10. The van der Waals surface area contributed by atoms with Gasteiger partial charge in [-0.2, -0.15) is 0 Å². The third kappa shape index (κ3) is 9.37. The fourth-order valence-electron chi connectivity index (χ4n) is 1.19. The Morgan fingerprint density at radius 3 is 2.18 bits per heavy atom. The second kappa shape index (κ2) is 12.5. The van der Waals surface area contributed by atoms with Crippen LogP contribution in [0.3, 0.4) is 0 Å². The largest absolute Gasteiger partial charge is 0.0874 e. The number of rotatable bonds is 3. The molecule has 0 N–H and O–H groups in total. The first-order chi connectivity index (χ1) is 7.83. The van der Waals surface area contributed by atoms with E-state index in [9.17, 15) is 0 Å². The third-order valence-corrected chi connectivity index (χ3v) is 1.88. The lowest BCUT2D eigenvalue weighted by molar-refractivity contribution is 1.50. The van der Waals surface area contributed by atoms with Crippen LogP contribution in [0.1, 0.15) is 40.7 Å². The topological polar surface area (TPSA) is 0 Å². The summed E-state index contributed by atoms with van der Waals surface area (Å²) in [6, 6.07) is 10.3. The van der Waals surface area contributed by atoms with Crippen molar-refractivity contribution in [3.05, 3.63) is 65.8 Å². The molecule has 0 saturated heterocycles. The standard InChI is InChI=1S/C14H16.C2H6.CH4/c1-3-8-13(2)9-7-12-14-10-5-4-6-11-14;1-2;/h3-12H,1-2H3;1-2H3;1H4/b8-3-,12-7+,13-9-;;. The van der Waals surface area contributed by atoms with Crippen LogP contribution in [-0.4, -0.2) is 0 Å².